The zero-order valence-electron chi connectivity index (χ0n) is 71.9. The molecule has 0 spiro atoms. The van der Waals surface area contributed by atoms with Crippen molar-refractivity contribution >= 4 is 183 Å². The quantitative estimate of drug-likeness (QED) is 0.0161. The molecule has 13 heterocycles. The number of alkyl halides is 15. The number of nitro groups is 3. The normalized spacial score (nSPS) is 13.3. The van der Waals surface area contributed by atoms with Gasteiger partial charge in [0.15, 0.2) is 28.0 Å². The second kappa shape index (κ2) is 50.0. The van der Waals surface area contributed by atoms with E-state index in [1.165, 1.54) is 115 Å². The van der Waals surface area contributed by atoms with Crippen molar-refractivity contribution in [3.05, 3.63) is 277 Å². The van der Waals surface area contributed by atoms with Crippen LogP contribution >= 0.6 is 114 Å². The van der Waals surface area contributed by atoms with E-state index >= 15 is 0 Å². The maximum atomic E-state index is 12.5. The van der Waals surface area contributed by atoms with E-state index in [4.69, 9.17) is 56.5 Å². The highest BCUT2D eigenvalue weighted by Crippen LogP contribution is 2.39. The molecule has 0 bridgehead atoms. The molecule has 0 radical (unpaired) electrons. The molecule has 16 aromatic rings. The molecule has 2 aliphatic heterocycles. The zero-order chi connectivity index (χ0) is 105. The van der Waals surface area contributed by atoms with Crippen LogP contribution in [0.4, 0.5) is 118 Å². The van der Waals surface area contributed by atoms with E-state index in [9.17, 15) is 101 Å². The largest absolute Gasteiger partial charge is 0.573 e. The molecule has 2 fully saturated rings. The number of fused-ring (bicyclic) bond motifs is 3. The number of aromatic nitrogens is 19. The highest BCUT2D eigenvalue weighted by molar-refractivity contribution is 9.11. The molecule has 10 N–H and O–H groups in total. The van der Waals surface area contributed by atoms with Gasteiger partial charge in [-0.3, -0.25) is 4.57 Å². The summed E-state index contributed by atoms with van der Waals surface area (Å²) in [5.41, 5.74) is 15.5. The minimum Gasteiger partial charge on any atom is -0.405 e. The number of rotatable bonds is 19. The van der Waals surface area contributed by atoms with Crippen LogP contribution in [0.1, 0.15) is 27.1 Å². The summed E-state index contributed by atoms with van der Waals surface area (Å²) in [5.74, 6) is 0.194. The van der Waals surface area contributed by atoms with E-state index in [0.717, 1.165) is 81.3 Å². The number of hydrogen-bond acceptors (Lipinski definition) is 31. The van der Waals surface area contributed by atoms with E-state index in [-0.39, 0.29) is 75.8 Å². The lowest BCUT2D eigenvalue weighted by Crippen LogP contribution is -2.34. The number of aliphatic hydroxyl groups is 3. The first-order valence-electron chi connectivity index (χ1n) is 39.6. The van der Waals surface area contributed by atoms with E-state index in [1.54, 1.807) is 64.3 Å². The molecule has 2 aliphatic rings. The second-order valence-electron chi connectivity index (χ2n) is 28.0. The number of benzene rings is 5. The van der Waals surface area contributed by atoms with Crippen LogP contribution in [-0.2, 0) is 0 Å². The van der Waals surface area contributed by atoms with Crippen molar-refractivity contribution in [1.82, 2.24) is 97.0 Å². The van der Waals surface area contributed by atoms with Crippen molar-refractivity contribution in [3.8, 4) is 51.5 Å². The Labute approximate surface area is 854 Å². The molecular weight excluding hydrogens is 2360 g/mol. The smallest absolute Gasteiger partial charge is 0.405 e. The summed E-state index contributed by atoms with van der Waals surface area (Å²) in [6.07, 6.45) is -1.01. The lowest BCUT2D eigenvalue weighted by Gasteiger charge is -2.23. The van der Waals surface area contributed by atoms with Crippen molar-refractivity contribution in [2.45, 2.75) is 69.6 Å². The minimum absolute atomic E-state index is 0. The average molecular weight is 2420 g/mol. The van der Waals surface area contributed by atoms with Crippen LogP contribution in [-0.4, -0.2) is 199 Å². The molecule has 768 valence electrons. The zero-order valence-corrected chi connectivity index (χ0v) is 82.1. The highest BCUT2D eigenvalue weighted by atomic mass is 79.9. The number of anilines is 7. The average Bonchev–Trinajstić information content (AvgIpc) is 1.65. The molecule has 2 saturated heterocycles. The summed E-state index contributed by atoms with van der Waals surface area (Å²) in [5, 5.41) is 77.2. The van der Waals surface area contributed by atoms with E-state index in [1.807, 2.05) is 41.4 Å². The van der Waals surface area contributed by atoms with Crippen LogP contribution in [0.2, 0.25) is 15.7 Å². The number of nitrogen functional groups attached to an aromatic ring is 2. The standard InChI is InChI=1S/C21H19BrF3N7O2.C16H9BrClF3N6O.C10H5BrF3N3O3.C10H7BrF3N3O.C7H5BrF3NO.C6H3Cl2N3.C5H11NO.C3H2N4O4.CH4O.H2/c22-15-9-13(5-6-17(15)34-21(23,24)25)30-10-18(26-12-30)27-19-16-4-2-8-32(16)29-20(28-19)31-7-1-3-14(31)11-33;17-10-6-9(3-4-12(10)28-16(19,20)21)26-7-13(22-8-26)23-14-11-2-1-5-27(11)25-15(18)24-14;11-7-3-6(1-2-8(7)20-10(12,13)14)16-4-9(15-5-16)17(18)19;11-7-3-6(17-4-9(15)16-5-17)1-2-8(7)18-10(12,13)14;8-5-3-4(12)1-2-6(5)13-7(9,10)11;7-5-4-2-1-3-11(4)10-6(8)9-5;7-4-5-2-1-3-6-5;8-6(9)3-1-5(2-4-3)7(10)11;1-2;/h2,4-6,8-10,12,14,33H,1,3,7,11H2,(H,27,28,29);1-8H,(H,23,24,25);1-5H;1-5H,15H2;1-3H,12H2;1-3H;5-7H,1-4H2;1-2H;2H,1H3;1H/t14-;;;;;;5-;;;/m0.....0.../s1. The molecule has 0 amide bonds. The minimum atomic E-state index is -4.79. The Morgan fingerprint density at radius 3 is 1.22 bits per heavy atom. The van der Waals surface area contributed by atoms with Crippen molar-refractivity contribution < 1.29 is 121 Å². The molecule has 18 rings (SSSR count). The Bertz CT molecular complexity index is 7030. The third kappa shape index (κ3) is 33.7. The number of nitrogens with one attached hydrogen (secondary N) is 3. The van der Waals surface area contributed by atoms with Gasteiger partial charge in [-0.2, -0.15) is 9.97 Å². The SMILES string of the molecule is CO.Clc1nc(Cl)c2cccn2n1.FC(F)(F)Oc1ccc(-n2cnc(Nc3nc(Cl)nn4cccc34)c2)cc1Br.Nc1ccc(OC(F)(F)F)c(Br)c1.Nc1cn(-c2ccc(OC(F)(F)F)c(Br)c2)cn1.O=[N+]([O-])c1cn(-c2ccc(OC(F)(F)F)c(Br)c2)cn1.O=[N+]([O-])c1cn([N+](=O)[O-])cn1.OC[C@@H]1CCCN1.OC[C@@H]1CCCN1c1nc(Nc2cn(-c3ccc(OC(F)(F)F)c(Br)c3)cn2)c2cccn2n1.[HH]. The summed E-state index contributed by atoms with van der Waals surface area (Å²) in [7, 11) is 1.00. The molecule has 42 nitrogen and oxygen atoms in total. The van der Waals surface area contributed by atoms with Crippen LogP contribution in [0, 0.1) is 30.3 Å². The predicted octanol–water partition coefficient (Wildman–Crippen LogP) is 20.2. The maximum Gasteiger partial charge on any atom is 0.573 e. The molecule has 5 aromatic carbocycles. The number of imidazole rings is 5. The van der Waals surface area contributed by atoms with Crippen LogP contribution in [0.15, 0.2) is 231 Å². The van der Waals surface area contributed by atoms with Gasteiger partial charge in [0.2, 0.25) is 22.8 Å². The van der Waals surface area contributed by atoms with Gasteiger partial charge in [0.25, 0.3) is 6.33 Å². The van der Waals surface area contributed by atoms with Gasteiger partial charge in [-0.15, -0.1) is 81.2 Å². The first-order chi connectivity index (χ1) is 67.9. The van der Waals surface area contributed by atoms with Gasteiger partial charge in [0, 0.05) is 62.5 Å². The molecule has 0 aliphatic carbocycles. The topological polar surface area (TPSA) is 507 Å². The molecule has 2 atom stereocenters. The lowest BCUT2D eigenvalue weighted by molar-refractivity contribution is -0.542. The molecule has 0 unspecified atom stereocenters. The van der Waals surface area contributed by atoms with Crippen LogP contribution in [0.25, 0.3) is 39.3 Å². The predicted molar refractivity (Wildman–Crippen MR) is 506 cm³/mol. The molecule has 11 aromatic heterocycles. The first kappa shape index (κ1) is 112. The van der Waals surface area contributed by atoms with Gasteiger partial charge in [-0.25, -0.2) is 43.6 Å². The number of nitrogens with zero attached hydrogens (tertiary/aromatic N) is 23. The van der Waals surface area contributed by atoms with Crippen molar-refractivity contribution in [2.75, 3.05) is 60.4 Å². The summed E-state index contributed by atoms with van der Waals surface area (Å²) < 4.78 is 214. The molecule has 0 saturated carbocycles. The van der Waals surface area contributed by atoms with Gasteiger partial charge >= 0.3 is 43.4 Å². The fourth-order valence-corrected chi connectivity index (χ4v) is 15.1. The Hall–Kier alpha value is -13.7. The van der Waals surface area contributed by atoms with Crippen molar-refractivity contribution in [3.63, 3.8) is 0 Å². The van der Waals surface area contributed by atoms with Gasteiger partial charge in [-0.05, 0) is 287 Å². The Morgan fingerprint density at radius 1 is 0.465 bits per heavy atom. The van der Waals surface area contributed by atoms with Crippen molar-refractivity contribution in [1.29, 1.82) is 0 Å². The fourth-order valence-electron chi connectivity index (χ4n) is 12.2. The number of aliphatic hydroxyl groups excluding tert-OH is 3. The second-order valence-corrected chi connectivity index (χ2v) is 33.3. The summed E-state index contributed by atoms with van der Waals surface area (Å²) in [6.45, 7) is 2.18. The van der Waals surface area contributed by atoms with E-state index in [2.05, 4.69) is 174 Å². The molecular formula is C79H67Br5Cl3F15N28O14. The van der Waals surface area contributed by atoms with Crippen molar-refractivity contribution in [2.24, 2.45) is 0 Å². The molecule has 65 heteroatoms. The Morgan fingerprint density at radius 2 is 0.847 bits per heavy atom. The maximum absolute atomic E-state index is 12.5. The third-order valence-electron chi connectivity index (χ3n) is 18.2. The van der Waals surface area contributed by atoms with Gasteiger partial charge < -0.3 is 105 Å². The first-order valence-corrected chi connectivity index (χ1v) is 44.7. The monoisotopic (exact) mass is 2420 g/mol. The lowest BCUT2D eigenvalue weighted by atomic mass is 10.2. The number of halogens is 23. The number of nitrogens with two attached hydrogens (primary N) is 2. The number of hydrogen-bond donors (Lipinski definition) is 8. The molecule has 144 heavy (non-hydrogen) atoms. The van der Waals surface area contributed by atoms with E-state index in [0.29, 0.717) is 91.5 Å². The highest BCUT2D eigenvalue weighted by Gasteiger charge is 2.37. The van der Waals surface area contributed by atoms with Crippen LogP contribution in [0.3, 0.4) is 0 Å². The number of ether oxygens (including phenoxy) is 5. The summed E-state index contributed by atoms with van der Waals surface area (Å²) >= 11 is 32.3. The fraction of sp³-hybridized carbons (Fsp3) is 0.203. The van der Waals surface area contributed by atoms with Crippen LogP contribution < -0.4 is 56.0 Å². The summed E-state index contributed by atoms with van der Waals surface area (Å²) in [4.78, 5) is 62.6. The van der Waals surface area contributed by atoms with Crippen LogP contribution in [0.5, 0.6) is 28.7 Å². The van der Waals surface area contributed by atoms with E-state index < -0.39 is 58.3 Å². The van der Waals surface area contributed by atoms with Gasteiger partial charge in [-0.1, -0.05) is 11.6 Å². The Balaban J connectivity index is 0.000000192. The third-order valence-corrected chi connectivity index (χ3v) is 21.9. The van der Waals surface area contributed by atoms with Gasteiger partial charge in [0.05, 0.1) is 65.9 Å². The summed E-state index contributed by atoms with van der Waals surface area (Å²) in [6, 6.07) is 31.5. The Kier molecular flexibility index (Phi) is 39.0. The van der Waals surface area contributed by atoms with Gasteiger partial charge in [0.1, 0.15) is 87.9 Å².